The molecule has 0 aliphatic carbocycles. The number of carbonyl (C=O) groups excluding carboxylic acids is 2. The molecule has 32 heavy (non-hydrogen) atoms. The molecule has 0 saturated carbocycles. The monoisotopic (exact) mass is 429 g/mol. The Bertz CT molecular complexity index is 1160. The Kier molecular flexibility index (Phi) is 5.37. The summed E-state index contributed by atoms with van der Waals surface area (Å²) in [5.74, 6) is 1.32. The number of carbonyl (C=O) groups is 2. The van der Waals surface area contributed by atoms with Crippen molar-refractivity contribution < 1.29 is 19.1 Å². The van der Waals surface area contributed by atoms with Gasteiger partial charge < -0.3 is 25.0 Å². The van der Waals surface area contributed by atoms with E-state index in [0.717, 1.165) is 23.2 Å². The van der Waals surface area contributed by atoms with E-state index in [1.54, 1.807) is 18.2 Å². The molecule has 0 saturated heterocycles. The average molecular weight is 429 g/mol. The smallest absolute Gasteiger partial charge is 0.319 e. The number of amides is 3. The van der Waals surface area contributed by atoms with Gasteiger partial charge in [-0.15, -0.1) is 0 Å². The molecule has 7 heteroatoms. The van der Waals surface area contributed by atoms with Crippen LogP contribution in [0.2, 0.25) is 0 Å². The molecule has 0 radical (unpaired) electrons. The van der Waals surface area contributed by atoms with Crippen LogP contribution in [-0.4, -0.2) is 31.7 Å². The fourth-order valence-corrected chi connectivity index (χ4v) is 3.99. The van der Waals surface area contributed by atoms with Gasteiger partial charge in [0.2, 0.25) is 0 Å². The summed E-state index contributed by atoms with van der Waals surface area (Å²) in [5, 5.41) is 5.69. The maximum Gasteiger partial charge on any atom is 0.319 e. The van der Waals surface area contributed by atoms with E-state index in [-0.39, 0.29) is 11.9 Å². The Hall–Kier alpha value is -4.00. The van der Waals surface area contributed by atoms with Gasteiger partial charge in [0.05, 0.1) is 0 Å². The first-order valence-corrected chi connectivity index (χ1v) is 10.6. The quantitative estimate of drug-likeness (QED) is 0.658. The van der Waals surface area contributed by atoms with Gasteiger partial charge in [-0.25, -0.2) is 4.79 Å². The lowest BCUT2D eigenvalue weighted by Crippen LogP contribution is -2.29. The van der Waals surface area contributed by atoms with Crippen LogP contribution in [0.25, 0.3) is 0 Å². The lowest BCUT2D eigenvalue weighted by atomic mass is 10.1. The Morgan fingerprint density at radius 3 is 2.56 bits per heavy atom. The van der Waals surface area contributed by atoms with Gasteiger partial charge in [-0.05, 0) is 47.9 Å². The van der Waals surface area contributed by atoms with Gasteiger partial charge in [0, 0.05) is 36.1 Å². The zero-order chi connectivity index (χ0) is 21.9. The summed E-state index contributed by atoms with van der Waals surface area (Å²) in [6, 6.07) is 20.3. The van der Waals surface area contributed by atoms with E-state index < -0.39 is 0 Å². The summed E-state index contributed by atoms with van der Waals surface area (Å²) in [6.45, 7) is 2.06. The van der Waals surface area contributed by atoms with Crippen LogP contribution < -0.4 is 25.0 Å². The molecular weight excluding hydrogens is 406 g/mol. The summed E-state index contributed by atoms with van der Waals surface area (Å²) >= 11 is 0. The molecule has 5 rings (SSSR count). The Balaban J connectivity index is 1.20. The van der Waals surface area contributed by atoms with Crippen LogP contribution in [0.3, 0.4) is 0 Å². The molecule has 2 aliphatic rings. The van der Waals surface area contributed by atoms with Crippen LogP contribution in [0.5, 0.6) is 11.5 Å². The molecule has 3 amide bonds. The number of urea groups is 1. The first kappa shape index (κ1) is 19.9. The van der Waals surface area contributed by atoms with E-state index in [1.165, 1.54) is 0 Å². The third kappa shape index (κ3) is 4.09. The lowest BCUT2D eigenvalue weighted by Gasteiger charge is -2.19. The predicted molar refractivity (Wildman–Crippen MR) is 122 cm³/mol. The molecule has 3 aromatic rings. The minimum Gasteiger partial charge on any atom is -0.486 e. The minimum absolute atomic E-state index is 0.00836. The van der Waals surface area contributed by atoms with Crippen molar-refractivity contribution in [3.63, 3.8) is 0 Å². The third-order valence-corrected chi connectivity index (χ3v) is 5.56. The largest absolute Gasteiger partial charge is 0.486 e. The van der Waals surface area contributed by atoms with Crippen molar-refractivity contribution in [2.45, 2.75) is 13.0 Å². The Morgan fingerprint density at radius 1 is 0.906 bits per heavy atom. The van der Waals surface area contributed by atoms with Crippen LogP contribution in [0, 0.1) is 0 Å². The number of ether oxygens (including phenoxy) is 2. The van der Waals surface area contributed by atoms with Crippen molar-refractivity contribution in [3.05, 3.63) is 83.4 Å². The van der Waals surface area contributed by atoms with Crippen LogP contribution >= 0.6 is 0 Å². The second-order valence-corrected chi connectivity index (χ2v) is 7.70. The minimum atomic E-state index is -0.303. The fourth-order valence-electron chi connectivity index (χ4n) is 3.99. The summed E-state index contributed by atoms with van der Waals surface area (Å²) in [7, 11) is 0. The van der Waals surface area contributed by atoms with Gasteiger partial charge >= 0.3 is 6.03 Å². The highest BCUT2D eigenvalue weighted by atomic mass is 16.6. The van der Waals surface area contributed by atoms with E-state index in [1.807, 2.05) is 47.4 Å². The first-order chi connectivity index (χ1) is 15.7. The summed E-state index contributed by atoms with van der Waals surface area (Å²) in [5.41, 5.74) is 4.34. The highest BCUT2D eigenvalue weighted by Crippen LogP contribution is 2.33. The number of nitrogens with one attached hydrogen (secondary N) is 2. The first-order valence-electron chi connectivity index (χ1n) is 10.6. The summed E-state index contributed by atoms with van der Waals surface area (Å²) < 4.78 is 11.0. The summed E-state index contributed by atoms with van der Waals surface area (Å²) in [4.78, 5) is 27.0. The number of benzene rings is 3. The van der Waals surface area contributed by atoms with Gasteiger partial charge in [0.15, 0.2) is 11.5 Å². The van der Waals surface area contributed by atoms with E-state index >= 15 is 0 Å². The molecule has 0 bridgehead atoms. The van der Waals surface area contributed by atoms with Crippen molar-refractivity contribution in [2.24, 2.45) is 0 Å². The number of hydrogen-bond donors (Lipinski definition) is 2. The molecule has 2 N–H and O–H groups in total. The molecule has 162 valence electrons. The fraction of sp³-hybridized carbons (Fsp3) is 0.200. The van der Waals surface area contributed by atoms with E-state index in [2.05, 4.69) is 16.7 Å². The highest BCUT2D eigenvalue weighted by Gasteiger charge is 2.25. The molecule has 0 aromatic heterocycles. The van der Waals surface area contributed by atoms with Gasteiger partial charge in [-0.2, -0.15) is 0 Å². The molecule has 0 fully saturated rings. The van der Waals surface area contributed by atoms with Crippen LogP contribution in [0.1, 0.15) is 21.5 Å². The van der Waals surface area contributed by atoms with Crippen molar-refractivity contribution in [2.75, 3.05) is 30.0 Å². The number of nitrogens with zero attached hydrogens (tertiary/aromatic N) is 1. The number of rotatable bonds is 4. The van der Waals surface area contributed by atoms with Crippen molar-refractivity contribution >= 4 is 23.3 Å². The molecule has 0 spiro atoms. The second-order valence-electron chi connectivity index (χ2n) is 7.70. The van der Waals surface area contributed by atoms with E-state index in [4.69, 9.17) is 9.47 Å². The topological polar surface area (TPSA) is 79.9 Å². The maximum absolute atomic E-state index is 12.8. The molecule has 0 unspecified atom stereocenters. The van der Waals surface area contributed by atoms with Gasteiger partial charge in [-0.1, -0.05) is 30.3 Å². The molecular formula is C25H23N3O4. The van der Waals surface area contributed by atoms with Gasteiger partial charge in [0.1, 0.15) is 13.2 Å². The molecule has 0 atom stereocenters. The van der Waals surface area contributed by atoms with Gasteiger partial charge in [0.25, 0.3) is 5.91 Å². The van der Waals surface area contributed by atoms with E-state index in [0.29, 0.717) is 49.1 Å². The standard InChI is InChI=1S/C25H23N3O4/c29-24(18-4-2-1-3-5-18)28-11-10-19-14-17(6-8-21(19)28)16-26-25(30)27-20-7-9-22-23(15-20)32-13-12-31-22/h1-9,14-15H,10-13,16H2,(H2,26,27,30). The van der Waals surface area contributed by atoms with E-state index in [9.17, 15) is 9.59 Å². The molecule has 2 heterocycles. The zero-order valence-electron chi connectivity index (χ0n) is 17.5. The van der Waals surface area contributed by atoms with Crippen LogP contribution in [-0.2, 0) is 13.0 Å². The average Bonchev–Trinajstić information content (AvgIpc) is 3.26. The predicted octanol–water partition coefficient (Wildman–Crippen LogP) is 3.98. The van der Waals surface area contributed by atoms with Crippen LogP contribution in [0.4, 0.5) is 16.2 Å². The number of anilines is 2. The zero-order valence-corrected chi connectivity index (χ0v) is 17.5. The maximum atomic E-state index is 12.8. The molecule has 3 aromatic carbocycles. The van der Waals surface area contributed by atoms with Gasteiger partial charge in [-0.3, -0.25) is 4.79 Å². The Labute approximate surface area is 185 Å². The summed E-state index contributed by atoms with van der Waals surface area (Å²) in [6.07, 6.45) is 0.797. The Morgan fingerprint density at radius 2 is 1.72 bits per heavy atom. The highest BCUT2D eigenvalue weighted by molar-refractivity contribution is 6.07. The van der Waals surface area contributed by atoms with Crippen molar-refractivity contribution in [3.8, 4) is 11.5 Å². The van der Waals surface area contributed by atoms with Crippen molar-refractivity contribution in [1.29, 1.82) is 0 Å². The number of hydrogen-bond acceptors (Lipinski definition) is 4. The second kappa shape index (κ2) is 8.63. The molecule has 2 aliphatic heterocycles. The SMILES string of the molecule is O=C(NCc1ccc2c(c1)CCN2C(=O)c1ccccc1)Nc1ccc2c(c1)OCCO2. The lowest BCUT2D eigenvalue weighted by molar-refractivity contribution is 0.0989. The molecule has 7 nitrogen and oxygen atoms in total. The van der Waals surface area contributed by atoms with Crippen LogP contribution in [0.15, 0.2) is 66.7 Å². The third-order valence-electron chi connectivity index (χ3n) is 5.56. The number of fused-ring (bicyclic) bond motifs is 2. The normalized spacial score (nSPS) is 13.9. The van der Waals surface area contributed by atoms with Crippen molar-refractivity contribution in [1.82, 2.24) is 5.32 Å².